The summed E-state index contributed by atoms with van der Waals surface area (Å²) >= 11 is 0. The molecule has 0 bridgehead atoms. The second-order valence-corrected chi connectivity index (χ2v) is 9.69. The molecule has 3 fully saturated rings. The number of pyridine rings is 1. The molecule has 1 N–H and O–H groups in total. The molecule has 1 spiro atoms. The number of benzene rings is 1. The highest BCUT2D eigenvalue weighted by Gasteiger charge is 2.50. The number of ether oxygens (including phenoxy) is 1. The number of anilines is 2. The Morgan fingerprint density at radius 2 is 1.79 bits per heavy atom. The maximum absolute atomic E-state index is 14.9. The molecule has 0 atom stereocenters. The van der Waals surface area contributed by atoms with Crippen molar-refractivity contribution in [1.82, 2.24) is 15.2 Å². The van der Waals surface area contributed by atoms with Crippen molar-refractivity contribution in [3.8, 4) is 0 Å². The summed E-state index contributed by atoms with van der Waals surface area (Å²) in [5, 5.41) is 3.23. The molecule has 2 amide bonds. The van der Waals surface area contributed by atoms with E-state index in [2.05, 4.69) is 53.6 Å². The fraction of sp³-hybridized carbons (Fsp3) is 0.520. The standard InChI is InChI=1S/C25H32FN5O2/c1-29(2)25(19-6-4-3-5-7-19)10-8-24(9-11-25)18-31(23(32)28-24)20-16-21(26)22(27-17-20)30-12-14-33-15-13-30/h3-7,16-17H,8-15,18H2,1-2H3,(H,28,32). The molecule has 1 aromatic heterocycles. The van der Waals surface area contributed by atoms with Crippen LogP contribution in [0.25, 0.3) is 0 Å². The highest BCUT2D eigenvalue weighted by atomic mass is 19.1. The first-order valence-corrected chi connectivity index (χ1v) is 11.7. The third-order valence-corrected chi connectivity index (χ3v) is 7.71. The number of nitrogens with zero attached hydrogens (tertiary/aromatic N) is 4. The summed E-state index contributed by atoms with van der Waals surface area (Å²) in [7, 11) is 4.27. The molecule has 1 aromatic carbocycles. The van der Waals surface area contributed by atoms with Gasteiger partial charge in [-0.2, -0.15) is 0 Å². The van der Waals surface area contributed by atoms with Crippen LogP contribution in [0.5, 0.6) is 0 Å². The van der Waals surface area contributed by atoms with Crippen molar-refractivity contribution < 1.29 is 13.9 Å². The summed E-state index contributed by atoms with van der Waals surface area (Å²) in [5.41, 5.74) is 1.48. The number of morpholine rings is 1. The number of halogens is 1. The number of carbonyl (C=O) groups is 1. The van der Waals surface area contributed by atoms with E-state index in [4.69, 9.17) is 4.74 Å². The monoisotopic (exact) mass is 453 g/mol. The Hall–Kier alpha value is -2.71. The maximum Gasteiger partial charge on any atom is 0.322 e. The Bertz CT molecular complexity index is 1000. The molecule has 1 aliphatic carbocycles. The first-order valence-electron chi connectivity index (χ1n) is 11.7. The average Bonchev–Trinajstić information content (AvgIpc) is 3.16. The molecule has 2 aromatic rings. The molecule has 2 saturated heterocycles. The predicted molar refractivity (Wildman–Crippen MR) is 126 cm³/mol. The lowest BCUT2D eigenvalue weighted by atomic mass is 9.69. The van der Waals surface area contributed by atoms with Gasteiger partial charge >= 0.3 is 6.03 Å². The lowest BCUT2D eigenvalue weighted by molar-refractivity contribution is 0.0658. The summed E-state index contributed by atoms with van der Waals surface area (Å²) < 4.78 is 20.3. The second-order valence-electron chi connectivity index (χ2n) is 9.69. The van der Waals surface area contributed by atoms with Crippen molar-refractivity contribution in [1.29, 1.82) is 0 Å². The van der Waals surface area contributed by atoms with E-state index in [-0.39, 0.29) is 17.1 Å². The topological polar surface area (TPSA) is 60.9 Å². The van der Waals surface area contributed by atoms with Gasteiger partial charge in [-0.3, -0.25) is 9.80 Å². The smallest absolute Gasteiger partial charge is 0.322 e. The van der Waals surface area contributed by atoms with Gasteiger partial charge in [0.15, 0.2) is 11.6 Å². The van der Waals surface area contributed by atoms with Crippen molar-refractivity contribution >= 4 is 17.5 Å². The number of amides is 2. The van der Waals surface area contributed by atoms with Crippen molar-refractivity contribution in [3.63, 3.8) is 0 Å². The van der Waals surface area contributed by atoms with Gasteiger partial charge in [-0.05, 0) is 45.3 Å². The Morgan fingerprint density at radius 1 is 1.09 bits per heavy atom. The minimum absolute atomic E-state index is 0.0435. The van der Waals surface area contributed by atoms with Crippen LogP contribution < -0.4 is 15.1 Å². The number of hydrogen-bond donors (Lipinski definition) is 1. The van der Waals surface area contributed by atoms with Crippen LogP contribution in [0.2, 0.25) is 0 Å². The van der Waals surface area contributed by atoms with E-state index in [0.717, 1.165) is 25.7 Å². The molecule has 176 valence electrons. The molecule has 3 aliphatic rings. The largest absolute Gasteiger partial charge is 0.378 e. The van der Waals surface area contributed by atoms with Gasteiger partial charge in [0, 0.05) is 24.7 Å². The minimum atomic E-state index is -0.400. The molecule has 5 rings (SSSR count). The molecule has 33 heavy (non-hydrogen) atoms. The highest BCUT2D eigenvalue weighted by Crippen LogP contribution is 2.46. The molecule has 0 radical (unpaired) electrons. The maximum atomic E-state index is 14.9. The lowest BCUT2D eigenvalue weighted by Gasteiger charge is -2.48. The van der Waals surface area contributed by atoms with Gasteiger partial charge in [-0.15, -0.1) is 0 Å². The zero-order chi connectivity index (χ0) is 23.1. The van der Waals surface area contributed by atoms with Crippen LogP contribution in [0.1, 0.15) is 31.2 Å². The number of rotatable bonds is 4. The number of aromatic nitrogens is 1. The van der Waals surface area contributed by atoms with Gasteiger partial charge in [0.25, 0.3) is 0 Å². The van der Waals surface area contributed by atoms with E-state index >= 15 is 0 Å². The van der Waals surface area contributed by atoms with Crippen molar-refractivity contribution in [2.75, 3.05) is 56.7 Å². The SMILES string of the molecule is CN(C)C1(c2ccccc2)CCC2(CC1)CN(c1cnc(N3CCOCC3)c(F)c1)C(=O)N2. The van der Waals surface area contributed by atoms with Gasteiger partial charge in [-0.1, -0.05) is 30.3 Å². The van der Waals surface area contributed by atoms with Crippen LogP contribution in [-0.2, 0) is 10.3 Å². The van der Waals surface area contributed by atoms with Crippen LogP contribution >= 0.6 is 0 Å². The summed E-state index contributed by atoms with van der Waals surface area (Å²) in [4.78, 5) is 23.2. The van der Waals surface area contributed by atoms with Gasteiger partial charge in [0.1, 0.15) is 0 Å². The summed E-state index contributed by atoms with van der Waals surface area (Å²) in [6.07, 6.45) is 5.24. The number of carbonyl (C=O) groups excluding carboxylic acids is 1. The van der Waals surface area contributed by atoms with E-state index in [1.807, 2.05) is 11.0 Å². The average molecular weight is 454 g/mol. The zero-order valence-corrected chi connectivity index (χ0v) is 19.4. The zero-order valence-electron chi connectivity index (χ0n) is 19.4. The Balaban J connectivity index is 1.32. The molecular formula is C25H32FN5O2. The molecule has 8 heteroatoms. The van der Waals surface area contributed by atoms with Gasteiger partial charge < -0.3 is 15.0 Å². The lowest BCUT2D eigenvalue weighted by Crippen LogP contribution is -2.54. The first kappa shape index (κ1) is 22.1. The van der Waals surface area contributed by atoms with Crippen LogP contribution in [-0.4, -0.2) is 68.4 Å². The van der Waals surface area contributed by atoms with Gasteiger partial charge in [-0.25, -0.2) is 14.2 Å². The Morgan fingerprint density at radius 3 is 2.42 bits per heavy atom. The number of nitrogens with one attached hydrogen (secondary N) is 1. The predicted octanol–water partition coefficient (Wildman–Crippen LogP) is 3.36. The third kappa shape index (κ3) is 3.95. The minimum Gasteiger partial charge on any atom is -0.378 e. The molecule has 1 saturated carbocycles. The van der Waals surface area contributed by atoms with E-state index < -0.39 is 5.82 Å². The molecule has 3 heterocycles. The fourth-order valence-electron chi connectivity index (χ4n) is 5.66. The quantitative estimate of drug-likeness (QED) is 0.769. The van der Waals surface area contributed by atoms with Crippen molar-refractivity contribution in [2.24, 2.45) is 0 Å². The summed E-state index contributed by atoms with van der Waals surface area (Å²) in [6.45, 7) is 2.90. The number of urea groups is 1. The molecule has 0 unspecified atom stereocenters. The molecule has 2 aliphatic heterocycles. The Labute approximate surface area is 194 Å². The van der Waals surface area contributed by atoms with Gasteiger partial charge in [0.05, 0.1) is 37.2 Å². The van der Waals surface area contributed by atoms with E-state index in [9.17, 15) is 9.18 Å². The van der Waals surface area contributed by atoms with E-state index in [0.29, 0.717) is 44.4 Å². The van der Waals surface area contributed by atoms with Crippen molar-refractivity contribution in [2.45, 2.75) is 36.8 Å². The van der Waals surface area contributed by atoms with Crippen LogP contribution in [0.3, 0.4) is 0 Å². The number of hydrogen-bond acceptors (Lipinski definition) is 5. The summed E-state index contributed by atoms with van der Waals surface area (Å²) in [5.74, 6) is -0.0739. The van der Waals surface area contributed by atoms with E-state index in [1.165, 1.54) is 11.6 Å². The molecular weight excluding hydrogens is 421 g/mol. The summed E-state index contributed by atoms with van der Waals surface area (Å²) in [6, 6.07) is 11.9. The van der Waals surface area contributed by atoms with Crippen LogP contribution in [0, 0.1) is 5.82 Å². The second kappa shape index (κ2) is 8.57. The molecule has 7 nitrogen and oxygen atoms in total. The highest BCUT2D eigenvalue weighted by molar-refractivity contribution is 5.95. The normalized spacial score (nSPS) is 27.9. The van der Waals surface area contributed by atoms with Crippen molar-refractivity contribution in [3.05, 3.63) is 54.0 Å². The third-order valence-electron chi connectivity index (χ3n) is 7.71. The van der Waals surface area contributed by atoms with Crippen LogP contribution in [0.15, 0.2) is 42.6 Å². The van der Waals surface area contributed by atoms with E-state index in [1.54, 1.807) is 11.1 Å². The first-order chi connectivity index (χ1) is 15.9. The fourth-order valence-corrected chi connectivity index (χ4v) is 5.66. The van der Waals surface area contributed by atoms with Crippen LogP contribution in [0.4, 0.5) is 20.7 Å². The van der Waals surface area contributed by atoms with Gasteiger partial charge in [0.2, 0.25) is 0 Å². The Kier molecular flexibility index (Phi) is 5.74.